The van der Waals surface area contributed by atoms with Gasteiger partial charge in [-0.1, -0.05) is 24.3 Å². The summed E-state index contributed by atoms with van der Waals surface area (Å²) in [7, 11) is 0. The minimum Gasteiger partial charge on any atom is -0.307 e. The maximum atomic E-state index is 3.51. The third kappa shape index (κ3) is 2.23. The summed E-state index contributed by atoms with van der Waals surface area (Å²) in [6, 6.07) is 8.68. The van der Waals surface area contributed by atoms with Gasteiger partial charge in [-0.15, -0.1) is 12.4 Å². The summed E-state index contributed by atoms with van der Waals surface area (Å²) in [6.07, 6.45) is 1.14. The van der Waals surface area contributed by atoms with Crippen molar-refractivity contribution in [2.75, 3.05) is 0 Å². The Morgan fingerprint density at radius 1 is 1.15 bits per heavy atom. The van der Waals surface area contributed by atoms with E-state index in [0.29, 0.717) is 0 Å². The maximum Gasteiger partial charge on any atom is 0.0213 e. The summed E-state index contributed by atoms with van der Waals surface area (Å²) in [5.74, 6) is 0. The minimum atomic E-state index is 0. The molecule has 72 valence electrons. The van der Waals surface area contributed by atoms with Gasteiger partial charge in [0.2, 0.25) is 0 Å². The molecule has 0 radical (unpaired) electrons. The van der Waals surface area contributed by atoms with Crippen molar-refractivity contribution in [1.29, 1.82) is 0 Å². The lowest BCUT2D eigenvalue weighted by Crippen LogP contribution is -2.44. The van der Waals surface area contributed by atoms with Crippen molar-refractivity contribution in [1.82, 2.24) is 5.32 Å². The second-order valence-corrected chi connectivity index (χ2v) is 4.18. The third-order valence-electron chi connectivity index (χ3n) is 2.51. The third-order valence-corrected chi connectivity index (χ3v) is 2.51. The molecule has 0 aromatic heterocycles. The van der Waals surface area contributed by atoms with E-state index in [2.05, 4.69) is 43.4 Å². The van der Waals surface area contributed by atoms with Gasteiger partial charge in [-0.3, -0.25) is 0 Å². The quantitative estimate of drug-likeness (QED) is 0.674. The zero-order valence-corrected chi connectivity index (χ0v) is 8.95. The predicted molar refractivity (Wildman–Crippen MR) is 58.3 cm³/mol. The van der Waals surface area contributed by atoms with Crippen LogP contribution in [0.4, 0.5) is 0 Å². The number of fused-ring (bicyclic) bond motifs is 1. The first-order valence-corrected chi connectivity index (χ1v) is 4.49. The van der Waals surface area contributed by atoms with Gasteiger partial charge in [0, 0.05) is 12.1 Å². The van der Waals surface area contributed by atoms with Crippen LogP contribution in [0.2, 0.25) is 0 Å². The van der Waals surface area contributed by atoms with E-state index in [0.717, 1.165) is 13.0 Å². The average Bonchev–Trinajstić information content (AvgIpc) is 2.02. The van der Waals surface area contributed by atoms with Crippen LogP contribution in [-0.4, -0.2) is 5.54 Å². The first-order chi connectivity index (χ1) is 5.67. The monoisotopic (exact) mass is 197 g/mol. The van der Waals surface area contributed by atoms with Crippen LogP contribution in [0.25, 0.3) is 0 Å². The molecule has 13 heavy (non-hydrogen) atoms. The second kappa shape index (κ2) is 3.69. The Balaban J connectivity index is 0.000000845. The molecule has 0 amide bonds. The van der Waals surface area contributed by atoms with E-state index in [1.165, 1.54) is 11.1 Å². The van der Waals surface area contributed by atoms with Crippen molar-refractivity contribution >= 4 is 12.4 Å². The molecule has 0 saturated carbocycles. The van der Waals surface area contributed by atoms with Gasteiger partial charge in [0.25, 0.3) is 0 Å². The van der Waals surface area contributed by atoms with Crippen molar-refractivity contribution in [3.63, 3.8) is 0 Å². The molecule has 0 bridgehead atoms. The molecule has 1 heterocycles. The van der Waals surface area contributed by atoms with Crippen LogP contribution < -0.4 is 5.32 Å². The number of halogens is 1. The molecule has 0 saturated heterocycles. The summed E-state index contributed by atoms with van der Waals surface area (Å²) in [5, 5.41) is 3.51. The molecule has 1 nitrogen and oxygen atoms in total. The molecule has 0 atom stereocenters. The zero-order valence-electron chi connectivity index (χ0n) is 8.13. The van der Waals surface area contributed by atoms with E-state index in [1.807, 2.05) is 0 Å². The van der Waals surface area contributed by atoms with E-state index in [1.54, 1.807) is 0 Å². The number of benzene rings is 1. The fourth-order valence-corrected chi connectivity index (χ4v) is 1.78. The molecule has 2 heteroatoms. The molecule has 1 N–H and O–H groups in total. The topological polar surface area (TPSA) is 12.0 Å². The van der Waals surface area contributed by atoms with Crippen LogP contribution in [0, 0.1) is 0 Å². The van der Waals surface area contributed by atoms with E-state index < -0.39 is 0 Å². The van der Waals surface area contributed by atoms with Crippen molar-refractivity contribution in [3.05, 3.63) is 35.4 Å². The molecule has 0 aliphatic carbocycles. The molecule has 0 unspecified atom stereocenters. The van der Waals surface area contributed by atoms with Gasteiger partial charge in [0.15, 0.2) is 0 Å². The first-order valence-electron chi connectivity index (χ1n) is 4.49. The average molecular weight is 198 g/mol. The highest BCUT2D eigenvalue weighted by Gasteiger charge is 2.23. The van der Waals surface area contributed by atoms with Crippen LogP contribution in [0.15, 0.2) is 24.3 Å². The van der Waals surface area contributed by atoms with E-state index in [-0.39, 0.29) is 17.9 Å². The second-order valence-electron chi connectivity index (χ2n) is 4.18. The summed E-state index contributed by atoms with van der Waals surface area (Å²) in [6.45, 7) is 5.52. The lowest BCUT2D eigenvalue weighted by atomic mass is 9.88. The van der Waals surface area contributed by atoms with Gasteiger partial charge in [0.1, 0.15) is 0 Å². The van der Waals surface area contributed by atoms with Crippen molar-refractivity contribution < 1.29 is 0 Å². The van der Waals surface area contributed by atoms with E-state index >= 15 is 0 Å². The zero-order chi connectivity index (χ0) is 8.60. The predicted octanol–water partition coefficient (Wildman–Crippen LogP) is 2.53. The van der Waals surface area contributed by atoms with Crippen LogP contribution in [0.3, 0.4) is 0 Å². The Labute approximate surface area is 86.0 Å². The molecule has 2 rings (SSSR count). The Bertz CT molecular complexity index is 294. The Hall–Kier alpha value is -0.530. The van der Waals surface area contributed by atoms with Crippen molar-refractivity contribution in [3.8, 4) is 0 Å². The minimum absolute atomic E-state index is 0. The summed E-state index contributed by atoms with van der Waals surface area (Å²) < 4.78 is 0. The summed E-state index contributed by atoms with van der Waals surface area (Å²) >= 11 is 0. The molecule has 1 aliphatic rings. The molecule has 1 aromatic rings. The van der Waals surface area contributed by atoms with Crippen LogP contribution in [0.5, 0.6) is 0 Å². The number of rotatable bonds is 0. The molecule has 0 spiro atoms. The van der Waals surface area contributed by atoms with Gasteiger partial charge in [-0.2, -0.15) is 0 Å². The van der Waals surface area contributed by atoms with Gasteiger partial charge < -0.3 is 5.32 Å². The fraction of sp³-hybridized carbons (Fsp3) is 0.455. The lowest BCUT2D eigenvalue weighted by molar-refractivity contribution is 0.362. The number of hydrogen-bond donors (Lipinski definition) is 1. The van der Waals surface area contributed by atoms with Gasteiger partial charge in [-0.25, -0.2) is 0 Å². The smallest absolute Gasteiger partial charge is 0.0213 e. The highest BCUT2D eigenvalue weighted by atomic mass is 35.5. The fourth-order valence-electron chi connectivity index (χ4n) is 1.78. The first kappa shape index (κ1) is 10.6. The Kier molecular flexibility index (Phi) is 2.99. The molecule has 0 fully saturated rings. The van der Waals surface area contributed by atoms with Gasteiger partial charge >= 0.3 is 0 Å². The highest BCUT2D eigenvalue weighted by Crippen LogP contribution is 2.21. The molecule has 1 aliphatic heterocycles. The van der Waals surface area contributed by atoms with Crippen molar-refractivity contribution in [2.24, 2.45) is 0 Å². The molecular weight excluding hydrogens is 182 g/mol. The van der Waals surface area contributed by atoms with E-state index in [4.69, 9.17) is 0 Å². The normalized spacial score (nSPS) is 18.6. The maximum absolute atomic E-state index is 3.51. The number of nitrogens with one attached hydrogen (secondary N) is 1. The standard InChI is InChI=1S/C11H15N.ClH/c1-11(2)7-9-5-3-4-6-10(9)8-12-11;/h3-6,12H,7-8H2,1-2H3;1H. The van der Waals surface area contributed by atoms with Crippen LogP contribution in [-0.2, 0) is 13.0 Å². The summed E-state index contributed by atoms with van der Waals surface area (Å²) in [5.41, 5.74) is 3.23. The Morgan fingerprint density at radius 2 is 1.77 bits per heavy atom. The van der Waals surface area contributed by atoms with Gasteiger partial charge in [-0.05, 0) is 31.4 Å². The highest BCUT2D eigenvalue weighted by molar-refractivity contribution is 5.85. The van der Waals surface area contributed by atoms with E-state index in [9.17, 15) is 0 Å². The lowest BCUT2D eigenvalue weighted by Gasteiger charge is -2.32. The van der Waals surface area contributed by atoms with Crippen molar-refractivity contribution in [2.45, 2.75) is 32.4 Å². The molecular formula is C11H16ClN. The SMILES string of the molecule is CC1(C)Cc2ccccc2CN1.Cl. The van der Waals surface area contributed by atoms with Gasteiger partial charge in [0.05, 0.1) is 0 Å². The summed E-state index contributed by atoms with van der Waals surface area (Å²) in [4.78, 5) is 0. The molecule has 1 aromatic carbocycles. The largest absolute Gasteiger partial charge is 0.307 e. The van der Waals surface area contributed by atoms with Crippen LogP contribution in [0.1, 0.15) is 25.0 Å². The number of hydrogen-bond acceptors (Lipinski definition) is 1. The van der Waals surface area contributed by atoms with Crippen LogP contribution >= 0.6 is 12.4 Å². The Morgan fingerprint density at radius 3 is 2.46 bits per heavy atom.